The Hall–Kier alpha value is -0.570. The van der Waals surface area contributed by atoms with Crippen LogP contribution in [0.15, 0.2) is 0 Å². The Morgan fingerprint density at radius 3 is 2.38 bits per heavy atom. The van der Waals surface area contributed by atoms with Gasteiger partial charge in [0.25, 0.3) is 0 Å². The molecule has 1 aliphatic rings. The number of amides is 1. The van der Waals surface area contributed by atoms with E-state index in [0.29, 0.717) is 12.5 Å². The standard InChI is InChI=1S/C13H25NO2/c1-3-10(4-2)12(15)9-14-13(16)11-7-5-6-8-11/h10-12,15H,3-9H2,1-2H3,(H,14,16). The fourth-order valence-electron chi connectivity index (χ4n) is 2.54. The van der Waals surface area contributed by atoms with Gasteiger partial charge in [0.2, 0.25) is 5.91 Å². The van der Waals surface area contributed by atoms with Gasteiger partial charge in [-0.3, -0.25) is 4.79 Å². The third-order valence-electron chi connectivity index (χ3n) is 3.80. The highest BCUT2D eigenvalue weighted by Crippen LogP contribution is 2.24. The lowest BCUT2D eigenvalue weighted by Gasteiger charge is -2.21. The first-order valence-corrected chi connectivity index (χ1v) is 6.64. The normalized spacial score (nSPS) is 19.0. The summed E-state index contributed by atoms with van der Waals surface area (Å²) < 4.78 is 0. The van der Waals surface area contributed by atoms with Crippen LogP contribution >= 0.6 is 0 Å². The second-order valence-corrected chi connectivity index (χ2v) is 4.87. The molecule has 94 valence electrons. The zero-order chi connectivity index (χ0) is 12.0. The molecule has 0 aromatic carbocycles. The summed E-state index contributed by atoms with van der Waals surface area (Å²) in [6.07, 6.45) is 5.94. The summed E-state index contributed by atoms with van der Waals surface area (Å²) in [6, 6.07) is 0. The summed E-state index contributed by atoms with van der Waals surface area (Å²) in [5.74, 6) is 0.653. The predicted octanol–water partition coefficient (Wildman–Crippen LogP) is 2.09. The third-order valence-corrected chi connectivity index (χ3v) is 3.80. The van der Waals surface area contributed by atoms with E-state index in [0.717, 1.165) is 25.7 Å². The molecule has 0 heterocycles. The van der Waals surface area contributed by atoms with Gasteiger partial charge in [-0.05, 0) is 18.8 Å². The van der Waals surface area contributed by atoms with Crippen LogP contribution < -0.4 is 5.32 Å². The number of nitrogens with one attached hydrogen (secondary N) is 1. The number of carbonyl (C=O) groups is 1. The molecule has 1 amide bonds. The van der Waals surface area contributed by atoms with Crippen LogP contribution in [0.4, 0.5) is 0 Å². The Morgan fingerprint density at radius 1 is 1.31 bits per heavy atom. The quantitative estimate of drug-likeness (QED) is 0.730. The number of hydrogen-bond acceptors (Lipinski definition) is 2. The summed E-state index contributed by atoms with van der Waals surface area (Å²) in [5.41, 5.74) is 0. The molecule has 0 aromatic rings. The minimum Gasteiger partial charge on any atom is -0.391 e. The zero-order valence-corrected chi connectivity index (χ0v) is 10.5. The van der Waals surface area contributed by atoms with Crippen molar-refractivity contribution in [3.05, 3.63) is 0 Å². The van der Waals surface area contributed by atoms with Crippen molar-refractivity contribution in [2.24, 2.45) is 11.8 Å². The van der Waals surface area contributed by atoms with Crippen LogP contribution in [0.3, 0.4) is 0 Å². The van der Waals surface area contributed by atoms with Crippen molar-refractivity contribution >= 4 is 5.91 Å². The van der Waals surface area contributed by atoms with Gasteiger partial charge in [0.05, 0.1) is 6.10 Å². The second-order valence-electron chi connectivity index (χ2n) is 4.87. The van der Waals surface area contributed by atoms with Crippen LogP contribution in [0.25, 0.3) is 0 Å². The Balaban J connectivity index is 2.24. The van der Waals surface area contributed by atoms with Crippen molar-refractivity contribution in [2.75, 3.05) is 6.54 Å². The van der Waals surface area contributed by atoms with E-state index < -0.39 is 0 Å². The monoisotopic (exact) mass is 227 g/mol. The fraction of sp³-hybridized carbons (Fsp3) is 0.923. The molecule has 1 fully saturated rings. The largest absolute Gasteiger partial charge is 0.391 e. The lowest BCUT2D eigenvalue weighted by molar-refractivity contribution is -0.125. The van der Waals surface area contributed by atoms with Crippen molar-refractivity contribution in [2.45, 2.75) is 58.5 Å². The third kappa shape index (κ3) is 3.78. The van der Waals surface area contributed by atoms with E-state index in [2.05, 4.69) is 19.2 Å². The first-order chi connectivity index (χ1) is 7.69. The molecule has 3 heteroatoms. The van der Waals surface area contributed by atoms with Crippen LogP contribution in [0.5, 0.6) is 0 Å². The van der Waals surface area contributed by atoms with Gasteiger partial charge in [0.15, 0.2) is 0 Å². The van der Waals surface area contributed by atoms with Gasteiger partial charge in [-0.1, -0.05) is 39.5 Å². The van der Waals surface area contributed by atoms with Gasteiger partial charge in [0.1, 0.15) is 0 Å². The maximum atomic E-state index is 11.7. The molecule has 1 aliphatic carbocycles. The molecule has 0 bridgehead atoms. The first-order valence-electron chi connectivity index (χ1n) is 6.64. The number of aliphatic hydroxyl groups excluding tert-OH is 1. The molecule has 3 nitrogen and oxygen atoms in total. The number of aliphatic hydroxyl groups is 1. The lowest BCUT2D eigenvalue weighted by Crippen LogP contribution is -2.38. The highest BCUT2D eigenvalue weighted by molar-refractivity contribution is 5.78. The van der Waals surface area contributed by atoms with Gasteiger partial charge in [-0.15, -0.1) is 0 Å². The zero-order valence-electron chi connectivity index (χ0n) is 10.5. The fourth-order valence-corrected chi connectivity index (χ4v) is 2.54. The van der Waals surface area contributed by atoms with Crippen molar-refractivity contribution < 1.29 is 9.90 Å². The van der Waals surface area contributed by atoms with Crippen LogP contribution in [-0.4, -0.2) is 23.7 Å². The first kappa shape index (κ1) is 13.5. The molecular formula is C13H25NO2. The van der Waals surface area contributed by atoms with E-state index in [1.807, 2.05) is 0 Å². The molecule has 0 saturated heterocycles. The van der Waals surface area contributed by atoms with E-state index in [9.17, 15) is 9.90 Å². The molecule has 0 aliphatic heterocycles. The lowest BCUT2D eigenvalue weighted by atomic mass is 9.96. The van der Waals surface area contributed by atoms with E-state index >= 15 is 0 Å². The highest BCUT2D eigenvalue weighted by atomic mass is 16.3. The second kappa shape index (κ2) is 6.89. The maximum Gasteiger partial charge on any atom is 0.223 e. The summed E-state index contributed by atoms with van der Waals surface area (Å²) >= 11 is 0. The van der Waals surface area contributed by atoms with Crippen LogP contribution in [-0.2, 0) is 4.79 Å². The van der Waals surface area contributed by atoms with Crippen molar-refractivity contribution in [1.82, 2.24) is 5.32 Å². The molecule has 1 atom stereocenters. The average molecular weight is 227 g/mol. The predicted molar refractivity (Wildman–Crippen MR) is 65.0 cm³/mol. The van der Waals surface area contributed by atoms with Crippen molar-refractivity contribution in [3.8, 4) is 0 Å². The molecule has 1 saturated carbocycles. The summed E-state index contributed by atoms with van der Waals surface area (Å²) in [6.45, 7) is 4.58. The average Bonchev–Trinajstić information content (AvgIpc) is 2.81. The Morgan fingerprint density at radius 2 is 1.88 bits per heavy atom. The summed E-state index contributed by atoms with van der Waals surface area (Å²) in [4.78, 5) is 11.7. The SMILES string of the molecule is CCC(CC)C(O)CNC(=O)C1CCCC1. The summed E-state index contributed by atoms with van der Waals surface area (Å²) in [5, 5.41) is 12.8. The molecule has 1 rings (SSSR count). The number of rotatable bonds is 6. The van der Waals surface area contributed by atoms with Crippen LogP contribution in [0.2, 0.25) is 0 Å². The van der Waals surface area contributed by atoms with Gasteiger partial charge >= 0.3 is 0 Å². The molecule has 0 spiro atoms. The maximum absolute atomic E-state index is 11.7. The molecule has 0 radical (unpaired) electrons. The number of carbonyl (C=O) groups excluding carboxylic acids is 1. The number of hydrogen-bond donors (Lipinski definition) is 2. The molecule has 16 heavy (non-hydrogen) atoms. The minimum atomic E-state index is -0.389. The van der Waals surface area contributed by atoms with Crippen LogP contribution in [0.1, 0.15) is 52.4 Å². The summed E-state index contributed by atoms with van der Waals surface area (Å²) in [7, 11) is 0. The van der Waals surface area contributed by atoms with Gasteiger partial charge in [-0.25, -0.2) is 0 Å². The highest BCUT2D eigenvalue weighted by Gasteiger charge is 2.23. The van der Waals surface area contributed by atoms with Gasteiger partial charge in [-0.2, -0.15) is 0 Å². The van der Waals surface area contributed by atoms with E-state index in [1.165, 1.54) is 12.8 Å². The van der Waals surface area contributed by atoms with Crippen LogP contribution in [0, 0.1) is 11.8 Å². The Kier molecular flexibility index (Phi) is 5.81. The Labute approximate surface area is 98.6 Å². The topological polar surface area (TPSA) is 49.3 Å². The van der Waals surface area contributed by atoms with E-state index in [1.54, 1.807) is 0 Å². The van der Waals surface area contributed by atoms with E-state index in [4.69, 9.17) is 0 Å². The minimum absolute atomic E-state index is 0.141. The van der Waals surface area contributed by atoms with E-state index in [-0.39, 0.29) is 17.9 Å². The van der Waals surface area contributed by atoms with Crippen molar-refractivity contribution in [3.63, 3.8) is 0 Å². The molecule has 1 unspecified atom stereocenters. The molecule has 2 N–H and O–H groups in total. The Bertz CT molecular complexity index is 208. The van der Waals surface area contributed by atoms with Gasteiger partial charge in [0, 0.05) is 12.5 Å². The molecule has 0 aromatic heterocycles. The van der Waals surface area contributed by atoms with Crippen molar-refractivity contribution in [1.29, 1.82) is 0 Å². The van der Waals surface area contributed by atoms with Gasteiger partial charge < -0.3 is 10.4 Å². The molecular weight excluding hydrogens is 202 g/mol. The smallest absolute Gasteiger partial charge is 0.223 e.